The SMILES string of the molecule is CC[C@H]1[C@@H](OC)CCS1(=O)=O.CO[C@@H]1CCS(=O)(=O)C1.CO[C@H]1CCS(=O)(=O)C1. The van der Waals surface area contributed by atoms with Gasteiger partial charge in [-0.05, 0) is 25.7 Å². The van der Waals surface area contributed by atoms with Gasteiger partial charge in [0.1, 0.15) is 0 Å². The number of hydrogen-bond acceptors (Lipinski definition) is 9. The van der Waals surface area contributed by atoms with Crippen molar-refractivity contribution in [3.05, 3.63) is 0 Å². The second-order valence-corrected chi connectivity index (χ2v) is 14.2. The number of methoxy groups -OCH3 is 3. The van der Waals surface area contributed by atoms with E-state index < -0.39 is 29.5 Å². The lowest BCUT2D eigenvalue weighted by Gasteiger charge is -2.14. The third kappa shape index (κ3) is 8.78. The largest absolute Gasteiger partial charge is 0.380 e. The molecule has 3 rings (SSSR count). The third-order valence-corrected chi connectivity index (χ3v) is 11.2. The topological polar surface area (TPSA) is 130 Å². The Morgan fingerprint density at radius 2 is 1.14 bits per heavy atom. The molecule has 12 heteroatoms. The maximum atomic E-state index is 11.3. The lowest BCUT2D eigenvalue weighted by Crippen LogP contribution is -2.26. The summed E-state index contributed by atoms with van der Waals surface area (Å²) in [4.78, 5) is 0. The second kappa shape index (κ2) is 11.4. The highest BCUT2D eigenvalue weighted by atomic mass is 32.2. The Morgan fingerprint density at radius 1 is 0.690 bits per heavy atom. The van der Waals surface area contributed by atoms with E-state index in [1.54, 1.807) is 21.3 Å². The Kier molecular flexibility index (Phi) is 10.5. The lowest BCUT2D eigenvalue weighted by atomic mass is 10.2. The minimum absolute atomic E-state index is 0.0463. The van der Waals surface area contributed by atoms with Gasteiger partial charge in [-0.3, -0.25) is 0 Å². The first-order valence-electron chi connectivity index (χ1n) is 9.60. The molecular weight excluding hydrogens is 444 g/mol. The Bertz CT molecular complexity index is 759. The Labute approximate surface area is 175 Å². The van der Waals surface area contributed by atoms with Crippen LogP contribution in [-0.4, -0.2) is 98.9 Å². The molecule has 3 heterocycles. The normalized spacial score (nSPS) is 33.9. The molecule has 3 fully saturated rings. The van der Waals surface area contributed by atoms with Crippen molar-refractivity contribution in [1.82, 2.24) is 0 Å². The fourth-order valence-corrected chi connectivity index (χ4v) is 8.93. The number of hydrogen-bond donors (Lipinski definition) is 0. The maximum Gasteiger partial charge on any atom is 0.155 e. The summed E-state index contributed by atoms with van der Waals surface area (Å²) in [5, 5.41) is -0.257. The standard InChI is InChI=1S/C7H14O3S.2C5H10O3S/c1-3-7-6(10-2)4-5-11(7,8)9;2*1-8-5-2-3-9(6,7)4-5/h6-7H,3-5H2,1-2H3;2*5H,2-4H2,1H3/t6-,7-;2*5-/m010/s1. The van der Waals surface area contributed by atoms with Crippen molar-refractivity contribution < 1.29 is 39.5 Å². The minimum Gasteiger partial charge on any atom is -0.380 e. The monoisotopic (exact) mass is 478 g/mol. The summed E-state index contributed by atoms with van der Waals surface area (Å²) in [7, 11) is -3.62. The molecule has 0 radical (unpaired) electrons. The fraction of sp³-hybridized carbons (Fsp3) is 1.00. The van der Waals surface area contributed by atoms with Crippen LogP contribution in [0.25, 0.3) is 0 Å². The molecule has 174 valence electrons. The molecule has 0 aromatic heterocycles. The van der Waals surface area contributed by atoms with Crippen LogP contribution in [0.5, 0.6) is 0 Å². The van der Waals surface area contributed by atoms with Crippen LogP contribution >= 0.6 is 0 Å². The van der Waals surface area contributed by atoms with Crippen LogP contribution in [0.2, 0.25) is 0 Å². The summed E-state index contributed by atoms with van der Waals surface area (Å²) in [6.07, 6.45) is 2.51. The molecule has 3 saturated heterocycles. The molecule has 0 N–H and O–H groups in total. The zero-order valence-corrected chi connectivity index (χ0v) is 20.0. The van der Waals surface area contributed by atoms with Crippen molar-refractivity contribution >= 4 is 29.5 Å². The van der Waals surface area contributed by atoms with E-state index >= 15 is 0 Å². The first-order valence-corrected chi connectivity index (χ1v) is 15.0. The molecule has 29 heavy (non-hydrogen) atoms. The summed E-state index contributed by atoms with van der Waals surface area (Å²) >= 11 is 0. The van der Waals surface area contributed by atoms with Gasteiger partial charge in [-0.1, -0.05) is 6.92 Å². The van der Waals surface area contributed by atoms with Gasteiger partial charge in [0, 0.05) is 21.3 Å². The van der Waals surface area contributed by atoms with E-state index in [0.717, 1.165) is 0 Å². The van der Waals surface area contributed by atoms with Gasteiger partial charge in [-0.2, -0.15) is 0 Å². The van der Waals surface area contributed by atoms with Gasteiger partial charge in [0.05, 0.1) is 52.3 Å². The van der Waals surface area contributed by atoms with Gasteiger partial charge in [0.2, 0.25) is 0 Å². The van der Waals surface area contributed by atoms with E-state index in [1.165, 1.54) is 0 Å². The Balaban J connectivity index is 0.000000219. The predicted molar refractivity (Wildman–Crippen MR) is 111 cm³/mol. The van der Waals surface area contributed by atoms with Gasteiger partial charge in [-0.25, -0.2) is 25.3 Å². The first-order chi connectivity index (χ1) is 13.4. The molecule has 0 unspecified atom stereocenters. The average Bonchev–Trinajstić information content (AvgIpc) is 3.29. The highest BCUT2D eigenvalue weighted by Crippen LogP contribution is 2.25. The van der Waals surface area contributed by atoms with Crippen LogP contribution in [0, 0.1) is 0 Å². The summed E-state index contributed by atoms with van der Waals surface area (Å²) in [5.74, 6) is 1.31. The Morgan fingerprint density at radius 3 is 1.34 bits per heavy atom. The minimum atomic E-state index is -2.82. The number of ether oxygens (including phenoxy) is 3. The molecule has 9 nitrogen and oxygen atoms in total. The van der Waals surface area contributed by atoms with Crippen LogP contribution < -0.4 is 0 Å². The molecule has 0 saturated carbocycles. The van der Waals surface area contributed by atoms with Crippen molar-refractivity contribution in [3.8, 4) is 0 Å². The van der Waals surface area contributed by atoms with Gasteiger partial charge in [0.25, 0.3) is 0 Å². The van der Waals surface area contributed by atoms with E-state index in [1.807, 2.05) is 6.92 Å². The average molecular weight is 479 g/mol. The van der Waals surface area contributed by atoms with E-state index in [2.05, 4.69) is 0 Å². The number of rotatable bonds is 4. The molecule has 0 spiro atoms. The van der Waals surface area contributed by atoms with Gasteiger partial charge in [0.15, 0.2) is 29.5 Å². The molecule has 0 aromatic carbocycles. The molecule has 3 aliphatic heterocycles. The summed E-state index contributed by atoms with van der Waals surface area (Å²) in [6, 6.07) is 0. The molecule has 4 atom stereocenters. The molecule has 0 bridgehead atoms. The molecule has 3 aliphatic rings. The van der Waals surface area contributed by atoms with Gasteiger partial charge in [-0.15, -0.1) is 0 Å². The quantitative estimate of drug-likeness (QED) is 0.557. The third-order valence-electron chi connectivity index (χ3n) is 5.32. The van der Waals surface area contributed by atoms with Gasteiger partial charge < -0.3 is 14.2 Å². The van der Waals surface area contributed by atoms with Crippen molar-refractivity contribution in [2.24, 2.45) is 0 Å². The predicted octanol–water partition coefficient (Wildman–Crippen LogP) is 0.238. The second-order valence-electron chi connectivity index (χ2n) is 7.40. The summed E-state index contributed by atoms with van der Waals surface area (Å²) < 4.78 is 80.2. The first kappa shape index (κ1) is 26.8. The maximum absolute atomic E-state index is 11.3. The zero-order chi connectivity index (χ0) is 22.3. The molecule has 0 amide bonds. The van der Waals surface area contributed by atoms with Crippen molar-refractivity contribution in [3.63, 3.8) is 0 Å². The number of sulfone groups is 3. The summed E-state index contributed by atoms with van der Waals surface area (Å²) in [6.45, 7) is 1.89. The fourth-order valence-electron chi connectivity index (χ4n) is 3.53. The molecule has 0 aliphatic carbocycles. The summed E-state index contributed by atoms with van der Waals surface area (Å²) in [5.41, 5.74) is 0. The van der Waals surface area contributed by atoms with Crippen LogP contribution in [-0.2, 0) is 43.7 Å². The van der Waals surface area contributed by atoms with E-state index in [9.17, 15) is 25.3 Å². The van der Waals surface area contributed by atoms with E-state index in [-0.39, 0.29) is 35.1 Å². The van der Waals surface area contributed by atoms with Crippen molar-refractivity contribution in [2.45, 2.75) is 56.2 Å². The van der Waals surface area contributed by atoms with Crippen LogP contribution in [0.3, 0.4) is 0 Å². The molecular formula is C17H34O9S3. The highest BCUT2D eigenvalue weighted by molar-refractivity contribution is 7.92. The smallest absolute Gasteiger partial charge is 0.155 e. The van der Waals surface area contributed by atoms with E-state index in [4.69, 9.17) is 14.2 Å². The van der Waals surface area contributed by atoms with Crippen LogP contribution in [0.1, 0.15) is 32.6 Å². The highest BCUT2D eigenvalue weighted by Gasteiger charge is 2.38. The van der Waals surface area contributed by atoms with Gasteiger partial charge >= 0.3 is 0 Å². The van der Waals surface area contributed by atoms with E-state index in [0.29, 0.717) is 42.9 Å². The Hall–Kier alpha value is -0.270. The van der Waals surface area contributed by atoms with Crippen LogP contribution in [0.15, 0.2) is 0 Å². The zero-order valence-electron chi connectivity index (χ0n) is 17.6. The van der Waals surface area contributed by atoms with Crippen molar-refractivity contribution in [1.29, 1.82) is 0 Å². The van der Waals surface area contributed by atoms with Crippen molar-refractivity contribution in [2.75, 3.05) is 50.1 Å². The molecule has 0 aromatic rings. The lowest BCUT2D eigenvalue weighted by molar-refractivity contribution is 0.102. The van der Waals surface area contributed by atoms with Crippen LogP contribution in [0.4, 0.5) is 0 Å².